The van der Waals surface area contributed by atoms with Crippen LogP contribution in [-0.4, -0.2) is 96.1 Å². The van der Waals surface area contributed by atoms with Crippen LogP contribution in [0.25, 0.3) is 0 Å². The molecule has 0 saturated heterocycles. The molecular weight excluding hydrogens is 927 g/mol. The molecule has 69 heavy (non-hydrogen) atoms. The second kappa shape index (κ2) is 22.2. The van der Waals surface area contributed by atoms with Crippen molar-refractivity contribution in [3.8, 4) is 0 Å². The lowest BCUT2D eigenvalue weighted by Crippen LogP contribution is -2.50. The molecule has 0 fully saturated rings. The third-order valence-corrected chi connectivity index (χ3v) is 12.2. The highest BCUT2D eigenvalue weighted by Crippen LogP contribution is 2.30. The van der Waals surface area contributed by atoms with Crippen LogP contribution in [0.2, 0.25) is 0 Å². The molecule has 5 rings (SSSR count). The van der Waals surface area contributed by atoms with Crippen molar-refractivity contribution in [2.75, 3.05) is 17.9 Å². The molecule has 17 nitrogen and oxygen atoms in total. The van der Waals surface area contributed by atoms with Gasteiger partial charge < -0.3 is 29.2 Å². The molecule has 0 saturated carbocycles. The highest BCUT2D eigenvalue weighted by molar-refractivity contribution is 7.91. The van der Waals surface area contributed by atoms with Crippen LogP contribution in [0.15, 0.2) is 89.9 Å². The number of carbonyl (C=O) groups is 6. The Bertz CT molecular complexity index is 2620. The first-order valence-corrected chi connectivity index (χ1v) is 24.8. The van der Waals surface area contributed by atoms with E-state index in [0.717, 1.165) is 15.3 Å². The van der Waals surface area contributed by atoms with Gasteiger partial charge in [-0.05, 0) is 123 Å². The molecule has 1 aliphatic rings. The van der Waals surface area contributed by atoms with Gasteiger partial charge in [-0.2, -0.15) is 9.89 Å². The molecule has 0 bridgehead atoms. The lowest BCUT2D eigenvalue weighted by atomic mass is 10.0. The summed E-state index contributed by atoms with van der Waals surface area (Å²) in [6, 6.07) is 21.5. The zero-order valence-electron chi connectivity index (χ0n) is 40.7. The van der Waals surface area contributed by atoms with Gasteiger partial charge in [0, 0.05) is 46.1 Å². The van der Waals surface area contributed by atoms with Crippen LogP contribution in [0, 0.1) is 0 Å². The first kappa shape index (κ1) is 53.4. The number of amidine groups is 1. The number of aliphatic imine (C=N–C) groups is 1. The molecule has 3 aromatic carbocycles. The third-order valence-electron chi connectivity index (χ3n) is 9.68. The fourth-order valence-corrected chi connectivity index (χ4v) is 9.24. The zero-order valence-corrected chi connectivity index (χ0v) is 42.3. The Morgan fingerprint density at radius 1 is 0.768 bits per heavy atom. The molecule has 2 heterocycles. The van der Waals surface area contributed by atoms with E-state index in [-0.39, 0.29) is 54.7 Å². The summed E-state index contributed by atoms with van der Waals surface area (Å²) in [6.07, 6.45) is -2.84. The van der Waals surface area contributed by atoms with Gasteiger partial charge in [-0.3, -0.25) is 19.1 Å². The van der Waals surface area contributed by atoms with Crippen molar-refractivity contribution in [2.45, 2.75) is 124 Å². The second-order valence-corrected chi connectivity index (χ2v) is 22.2. The second-order valence-electron chi connectivity index (χ2n) is 19.2. The van der Waals surface area contributed by atoms with Crippen molar-refractivity contribution in [3.05, 3.63) is 123 Å². The summed E-state index contributed by atoms with van der Waals surface area (Å²) >= 11 is 1.50. The van der Waals surface area contributed by atoms with Gasteiger partial charge in [0.05, 0.1) is 18.8 Å². The fourth-order valence-electron chi connectivity index (χ4n) is 6.89. The van der Waals surface area contributed by atoms with Gasteiger partial charge in [-0.25, -0.2) is 22.8 Å². The first-order chi connectivity index (χ1) is 32.2. The van der Waals surface area contributed by atoms with Gasteiger partial charge in [0.15, 0.2) is 5.84 Å². The number of anilines is 1. The summed E-state index contributed by atoms with van der Waals surface area (Å²) in [6.45, 7) is 17.0. The summed E-state index contributed by atoms with van der Waals surface area (Å²) in [5.41, 5.74) is -0.626. The van der Waals surface area contributed by atoms with Crippen LogP contribution in [-0.2, 0) is 70.1 Å². The number of nitrogens with one attached hydrogen (secondary N) is 2. The maximum absolute atomic E-state index is 14.5. The van der Waals surface area contributed by atoms with Crippen molar-refractivity contribution in [3.63, 3.8) is 0 Å². The van der Waals surface area contributed by atoms with Crippen LogP contribution in [0.3, 0.4) is 0 Å². The number of esters is 1. The number of hydrogen-bond donors (Lipinski definition) is 2. The van der Waals surface area contributed by atoms with Gasteiger partial charge >= 0.3 is 24.2 Å². The Balaban J connectivity index is 1.45. The van der Waals surface area contributed by atoms with Gasteiger partial charge in [-0.15, -0.1) is 11.3 Å². The molecule has 19 heteroatoms. The monoisotopic (exact) mass is 987 g/mol. The first-order valence-electron chi connectivity index (χ1n) is 22.3. The predicted octanol–water partition coefficient (Wildman–Crippen LogP) is 8.58. The number of benzene rings is 3. The molecule has 4 aromatic rings. The highest BCUT2D eigenvalue weighted by atomic mass is 32.2. The van der Waals surface area contributed by atoms with Crippen LogP contribution in [0.4, 0.5) is 20.1 Å². The molecule has 5 amide bonds. The minimum Gasteiger partial charge on any atom is -0.466 e. The molecule has 0 radical (unpaired) electrons. The van der Waals surface area contributed by atoms with Crippen LogP contribution in [0.1, 0.15) is 112 Å². The molecule has 0 spiro atoms. The van der Waals surface area contributed by atoms with Crippen molar-refractivity contribution < 1.29 is 56.1 Å². The third kappa shape index (κ3) is 16.6. The molecular formula is C50H61N5O12S2. The Kier molecular flexibility index (Phi) is 17.2. The van der Waals surface area contributed by atoms with E-state index in [9.17, 15) is 37.2 Å². The standard InChI is InChI=1S/C50H61N5O12S2/c1-11-64-41(56)29-38-28-36-30-54(26-25-40(36)68-38)44(58)39(27-32-17-23-37(24-18-32)53-69(62,63)31-33-15-13-12-14-16-33)51-43(57)35-21-19-34(20-22-35)42(52-45(59)65-48(2,3)4)55(46(60)66-49(5,6)7)47(61)67-50(8,9)10/h12-24,28,39,53H,11,25-27,29-31H2,1-10H3,(H,51,57). The maximum atomic E-state index is 14.5. The van der Waals surface area contributed by atoms with E-state index in [1.807, 2.05) is 6.07 Å². The van der Waals surface area contributed by atoms with E-state index in [1.54, 1.807) is 129 Å². The highest BCUT2D eigenvalue weighted by Gasteiger charge is 2.37. The molecule has 1 atom stereocenters. The van der Waals surface area contributed by atoms with E-state index in [1.165, 1.54) is 35.6 Å². The number of hydrogen-bond acceptors (Lipinski definition) is 13. The zero-order chi connectivity index (χ0) is 50.9. The molecule has 1 aromatic heterocycles. The number of amides is 5. The number of nitrogens with zero attached hydrogens (tertiary/aromatic N) is 3. The predicted molar refractivity (Wildman–Crippen MR) is 261 cm³/mol. The average Bonchev–Trinajstić information content (AvgIpc) is 3.63. The van der Waals surface area contributed by atoms with Gasteiger partial charge in [-0.1, -0.05) is 54.6 Å². The Morgan fingerprint density at radius 2 is 1.35 bits per heavy atom. The van der Waals surface area contributed by atoms with Crippen molar-refractivity contribution >= 4 is 68.9 Å². The normalized spacial score (nSPS) is 13.6. The number of imide groups is 1. The Hall–Kier alpha value is -6.60. The maximum Gasteiger partial charge on any atom is 0.436 e. The number of rotatable bonds is 13. The van der Waals surface area contributed by atoms with Crippen LogP contribution in [0.5, 0.6) is 0 Å². The lowest BCUT2D eigenvalue weighted by Gasteiger charge is -2.31. The summed E-state index contributed by atoms with van der Waals surface area (Å²) in [5.74, 6) is -2.11. The average molecular weight is 988 g/mol. The summed E-state index contributed by atoms with van der Waals surface area (Å²) in [7, 11) is -3.75. The quantitative estimate of drug-likeness (QED) is 0.0558. The molecule has 2 N–H and O–H groups in total. The van der Waals surface area contributed by atoms with Crippen molar-refractivity contribution in [1.29, 1.82) is 0 Å². The largest absolute Gasteiger partial charge is 0.466 e. The number of fused-ring (bicyclic) bond motifs is 1. The van der Waals surface area contributed by atoms with E-state index in [4.69, 9.17) is 18.9 Å². The summed E-state index contributed by atoms with van der Waals surface area (Å²) < 4.78 is 50.2. The fraction of sp³-hybridized carbons (Fsp3) is 0.420. The van der Waals surface area contributed by atoms with Gasteiger partial charge in [0.1, 0.15) is 22.8 Å². The van der Waals surface area contributed by atoms with E-state index in [2.05, 4.69) is 15.0 Å². The van der Waals surface area contributed by atoms with Gasteiger partial charge in [0.25, 0.3) is 5.91 Å². The number of thiophene rings is 1. The van der Waals surface area contributed by atoms with E-state index >= 15 is 0 Å². The minimum absolute atomic E-state index is 0.0221. The lowest BCUT2D eigenvalue weighted by molar-refractivity contribution is -0.142. The number of ether oxygens (including phenoxy) is 4. The van der Waals surface area contributed by atoms with E-state index in [0.29, 0.717) is 34.7 Å². The topological polar surface area (TPSA) is 216 Å². The SMILES string of the molecule is CCOC(=O)Cc1cc2c(s1)CCN(C(=O)C(Cc1ccc(NS(=O)(=O)Cc3ccccc3)cc1)NC(=O)c1ccc(C(=NC(=O)OC(C)(C)C)N(C(=O)OC(C)(C)C)C(=O)OC(C)(C)C)cc1)C2. The Labute approximate surface area is 407 Å². The Morgan fingerprint density at radius 3 is 1.91 bits per heavy atom. The van der Waals surface area contributed by atoms with Crippen molar-refractivity contribution in [1.82, 2.24) is 15.1 Å². The molecule has 0 aliphatic carbocycles. The summed E-state index contributed by atoms with van der Waals surface area (Å²) in [4.78, 5) is 89.6. The molecule has 1 unspecified atom stereocenters. The van der Waals surface area contributed by atoms with E-state index < -0.39 is 62.9 Å². The molecule has 1 aliphatic heterocycles. The molecule has 370 valence electrons. The van der Waals surface area contributed by atoms with Crippen molar-refractivity contribution in [2.24, 2.45) is 4.99 Å². The number of sulfonamides is 1. The summed E-state index contributed by atoms with van der Waals surface area (Å²) in [5, 5.41) is 2.88. The minimum atomic E-state index is -3.75. The van der Waals surface area contributed by atoms with Crippen LogP contribution >= 0.6 is 11.3 Å². The van der Waals surface area contributed by atoms with Crippen LogP contribution < -0.4 is 10.0 Å². The smallest absolute Gasteiger partial charge is 0.436 e. The van der Waals surface area contributed by atoms with Gasteiger partial charge in [0.2, 0.25) is 15.9 Å². The number of carbonyl (C=O) groups excluding carboxylic acids is 6.